The largest absolute Gasteiger partial charge is 0.370 e. The topological polar surface area (TPSA) is 65.2 Å². The van der Waals surface area contributed by atoms with Gasteiger partial charge in [0.05, 0.1) is 5.92 Å². The van der Waals surface area contributed by atoms with Gasteiger partial charge in [-0.1, -0.05) is 24.4 Å². The molecular formula is C16H24N2O3. The SMILES string of the molecule is CCOC(c1noc(C2CCCC2=O)n1)C1CCCCC1. The van der Waals surface area contributed by atoms with Gasteiger partial charge in [-0.3, -0.25) is 4.79 Å². The van der Waals surface area contributed by atoms with Gasteiger partial charge in [0, 0.05) is 13.0 Å². The highest BCUT2D eigenvalue weighted by Gasteiger charge is 2.34. The first-order valence-corrected chi connectivity index (χ1v) is 8.27. The fourth-order valence-electron chi connectivity index (χ4n) is 3.62. The van der Waals surface area contributed by atoms with Crippen molar-refractivity contribution < 1.29 is 14.1 Å². The summed E-state index contributed by atoms with van der Waals surface area (Å²) in [6.07, 6.45) is 8.46. The summed E-state index contributed by atoms with van der Waals surface area (Å²) in [7, 11) is 0. The summed E-state index contributed by atoms with van der Waals surface area (Å²) in [6.45, 7) is 2.64. The Morgan fingerprint density at radius 3 is 2.71 bits per heavy atom. The second kappa shape index (κ2) is 6.69. The molecule has 0 N–H and O–H groups in total. The zero-order valence-corrected chi connectivity index (χ0v) is 12.7. The fraction of sp³-hybridized carbons (Fsp3) is 0.812. The average Bonchev–Trinajstić information content (AvgIpc) is 3.14. The van der Waals surface area contributed by atoms with E-state index in [0.29, 0.717) is 30.7 Å². The van der Waals surface area contributed by atoms with Gasteiger partial charge in [-0.25, -0.2) is 0 Å². The number of carbonyl (C=O) groups is 1. The van der Waals surface area contributed by atoms with E-state index in [-0.39, 0.29) is 17.8 Å². The van der Waals surface area contributed by atoms with Crippen molar-refractivity contribution in [3.63, 3.8) is 0 Å². The van der Waals surface area contributed by atoms with Gasteiger partial charge in [0.1, 0.15) is 11.9 Å². The van der Waals surface area contributed by atoms with E-state index in [0.717, 1.165) is 25.7 Å². The maximum Gasteiger partial charge on any atom is 0.237 e. The van der Waals surface area contributed by atoms with Crippen LogP contribution >= 0.6 is 0 Å². The molecule has 2 atom stereocenters. The Hall–Kier alpha value is -1.23. The molecule has 116 valence electrons. The van der Waals surface area contributed by atoms with Crippen LogP contribution in [-0.2, 0) is 9.53 Å². The molecule has 2 saturated carbocycles. The average molecular weight is 292 g/mol. The van der Waals surface area contributed by atoms with Gasteiger partial charge in [-0.2, -0.15) is 4.98 Å². The van der Waals surface area contributed by atoms with Gasteiger partial charge >= 0.3 is 0 Å². The molecule has 0 bridgehead atoms. The Morgan fingerprint density at radius 2 is 2.05 bits per heavy atom. The zero-order chi connectivity index (χ0) is 14.7. The third-order valence-corrected chi connectivity index (χ3v) is 4.74. The summed E-state index contributed by atoms with van der Waals surface area (Å²) < 4.78 is 11.3. The summed E-state index contributed by atoms with van der Waals surface area (Å²) in [4.78, 5) is 16.3. The number of Topliss-reactive ketones (excluding diaryl/α,β-unsaturated/α-hetero) is 1. The molecule has 0 aromatic carbocycles. The van der Waals surface area contributed by atoms with Crippen LogP contribution in [-0.4, -0.2) is 22.5 Å². The number of hydrogen-bond acceptors (Lipinski definition) is 5. The minimum atomic E-state index is -0.181. The van der Waals surface area contributed by atoms with Crippen LogP contribution in [0.5, 0.6) is 0 Å². The molecule has 1 heterocycles. The fourth-order valence-corrected chi connectivity index (χ4v) is 3.62. The van der Waals surface area contributed by atoms with Crippen molar-refractivity contribution >= 4 is 5.78 Å². The highest BCUT2D eigenvalue weighted by molar-refractivity contribution is 5.86. The molecule has 3 rings (SSSR count). The van der Waals surface area contributed by atoms with Gasteiger partial charge in [0.15, 0.2) is 0 Å². The van der Waals surface area contributed by atoms with Crippen LogP contribution in [0.3, 0.4) is 0 Å². The highest BCUT2D eigenvalue weighted by Crippen LogP contribution is 2.37. The van der Waals surface area contributed by atoms with E-state index in [1.807, 2.05) is 6.92 Å². The van der Waals surface area contributed by atoms with Crippen LogP contribution in [0, 0.1) is 5.92 Å². The molecule has 2 aliphatic rings. The molecule has 2 unspecified atom stereocenters. The Labute approximate surface area is 125 Å². The molecule has 2 aliphatic carbocycles. The maximum atomic E-state index is 11.8. The molecule has 21 heavy (non-hydrogen) atoms. The summed E-state index contributed by atoms with van der Waals surface area (Å²) >= 11 is 0. The lowest BCUT2D eigenvalue weighted by molar-refractivity contribution is -0.119. The van der Waals surface area contributed by atoms with Gasteiger partial charge in [-0.05, 0) is 38.5 Å². The third-order valence-electron chi connectivity index (χ3n) is 4.74. The van der Waals surface area contributed by atoms with E-state index in [1.165, 1.54) is 19.3 Å². The summed E-state index contributed by atoms with van der Waals surface area (Å²) in [5.74, 6) is 1.66. The van der Waals surface area contributed by atoms with E-state index in [9.17, 15) is 4.79 Å². The van der Waals surface area contributed by atoms with Crippen molar-refractivity contribution in [3.8, 4) is 0 Å². The first-order valence-electron chi connectivity index (χ1n) is 8.27. The van der Waals surface area contributed by atoms with Crippen molar-refractivity contribution in [2.75, 3.05) is 6.61 Å². The van der Waals surface area contributed by atoms with Crippen molar-refractivity contribution in [2.24, 2.45) is 5.92 Å². The smallest absolute Gasteiger partial charge is 0.237 e. The summed E-state index contributed by atoms with van der Waals surface area (Å²) in [6, 6.07) is 0. The maximum absolute atomic E-state index is 11.8. The second-order valence-corrected chi connectivity index (χ2v) is 6.18. The van der Waals surface area contributed by atoms with E-state index in [1.54, 1.807) is 0 Å². The lowest BCUT2D eigenvalue weighted by Gasteiger charge is -2.27. The highest BCUT2D eigenvalue weighted by atomic mass is 16.5. The van der Waals surface area contributed by atoms with E-state index in [4.69, 9.17) is 9.26 Å². The van der Waals surface area contributed by atoms with Crippen LogP contribution in [0.25, 0.3) is 0 Å². The van der Waals surface area contributed by atoms with Gasteiger partial charge in [-0.15, -0.1) is 0 Å². The van der Waals surface area contributed by atoms with Crippen LogP contribution in [0.2, 0.25) is 0 Å². The zero-order valence-electron chi connectivity index (χ0n) is 12.7. The molecule has 0 radical (unpaired) electrons. The lowest BCUT2D eigenvalue weighted by Crippen LogP contribution is -2.20. The molecule has 2 fully saturated rings. The molecule has 0 amide bonds. The van der Waals surface area contributed by atoms with Gasteiger partial charge in [0.25, 0.3) is 0 Å². The predicted octanol–water partition coefficient (Wildman–Crippen LogP) is 3.56. The number of ether oxygens (including phenoxy) is 1. The first kappa shape index (κ1) is 14.7. The molecule has 0 aliphatic heterocycles. The Morgan fingerprint density at radius 1 is 1.24 bits per heavy atom. The van der Waals surface area contributed by atoms with Crippen molar-refractivity contribution in [1.82, 2.24) is 10.1 Å². The normalized spacial score (nSPS) is 25.4. The standard InChI is InChI=1S/C16H24N2O3/c1-2-20-14(11-7-4-3-5-8-11)15-17-16(21-18-15)12-9-6-10-13(12)19/h11-12,14H,2-10H2,1H3. The lowest BCUT2D eigenvalue weighted by atomic mass is 9.85. The van der Waals surface area contributed by atoms with Crippen LogP contribution < -0.4 is 0 Å². The van der Waals surface area contributed by atoms with Crippen LogP contribution in [0.4, 0.5) is 0 Å². The number of hydrogen-bond donors (Lipinski definition) is 0. The predicted molar refractivity (Wildman–Crippen MR) is 76.8 cm³/mol. The number of ketones is 1. The van der Waals surface area contributed by atoms with E-state index >= 15 is 0 Å². The molecule has 0 spiro atoms. The van der Waals surface area contributed by atoms with E-state index < -0.39 is 0 Å². The van der Waals surface area contributed by atoms with Crippen LogP contribution in [0.15, 0.2) is 4.52 Å². The monoisotopic (exact) mass is 292 g/mol. The number of carbonyl (C=O) groups excluding carboxylic acids is 1. The first-order chi connectivity index (χ1) is 10.3. The Kier molecular flexibility index (Phi) is 4.68. The molecule has 1 aromatic heterocycles. The molecule has 5 nitrogen and oxygen atoms in total. The number of aromatic nitrogens is 2. The van der Waals surface area contributed by atoms with Gasteiger partial charge < -0.3 is 9.26 Å². The van der Waals surface area contributed by atoms with Crippen molar-refractivity contribution in [3.05, 3.63) is 11.7 Å². The van der Waals surface area contributed by atoms with Gasteiger partial charge in [0.2, 0.25) is 11.7 Å². The number of rotatable bonds is 5. The molecular weight excluding hydrogens is 268 g/mol. The quantitative estimate of drug-likeness (QED) is 0.830. The second-order valence-electron chi connectivity index (χ2n) is 6.18. The van der Waals surface area contributed by atoms with Crippen molar-refractivity contribution in [2.45, 2.75) is 70.3 Å². The summed E-state index contributed by atoms with van der Waals surface area (Å²) in [5, 5.41) is 4.13. The Bertz CT molecular complexity index is 480. The Balaban J connectivity index is 1.76. The van der Waals surface area contributed by atoms with Crippen LogP contribution in [0.1, 0.15) is 82.0 Å². The summed E-state index contributed by atoms with van der Waals surface area (Å²) in [5.41, 5.74) is 0. The van der Waals surface area contributed by atoms with E-state index in [2.05, 4.69) is 10.1 Å². The minimum absolute atomic E-state index is 0.0793. The van der Waals surface area contributed by atoms with Crippen molar-refractivity contribution in [1.29, 1.82) is 0 Å². The molecule has 0 saturated heterocycles. The number of nitrogens with zero attached hydrogens (tertiary/aromatic N) is 2. The molecule has 1 aromatic rings. The minimum Gasteiger partial charge on any atom is -0.370 e. The third kappa shape index (κ3) is 3.18. The molecule has 5 heteroatoms.